The van der Waals surface area contributed by atoms with Crippen molar-refractivity contribution in [1.29, 1.82) is 0 Å². The Balaban J connectivity index is 3.89. The Morgan fingerprint density at radius 2 is 2.05 bits per heavy atom. The quantitative estimate of drug-likeness (QED) is 0.701. The fourth-order valence-corrected chi connectivity index (χ4v) is 1.52. The molecule has 0 aromatic heterocycles. The summed E-state index contributed by atoms with van der Waals surface area (Å²) in [7, 11) is 0. The third kappa shape index (κ3) is 11.7. The Morgan fingerprint density at radius 1 is 1.42 bits per heavy atom. The van der Waals surface area contributed by atoms with E-state index in [1.807, 2.05) is 0 Å². The smallest absolute Gasteiger partial charge is 0.407 e. The van der Waals surface area contributed by atoms with Gasteiger partial charge in [0.1, 0.15) is 5.60 Å². The van der Waals surface area contributed by atoms with Crippen molar-refractivity contribution in [3.8, 4) is 0 Å². The average Bonchev–Trinajstić information content (AvgIpc) is 2.24. The van der Waals surface area contributed by atoms with Crippen LogP contribution >= 0.6 is 0 Å². The molecule has 1 amide bonds. The molecule has 0 aliphatic carbocycles. The Labute approximate surface area is 115 Å². The molecule has 0 aliphatic rings. The van der Waals surface area contributed by atoms with E-state index in [-0.39, 0.29) is 18.5 Å². The van der Waals surface area contributed by atoms with Crippen LogP contribution in [0.3, 0.4) is 0 Å². The number of allylic oxidation sites excluding steroid dienone is 2. The highest BCUT2D eigenvalue weighted by atomic mass is 19.1. The third-order valence-electron chi connectivity index (χ3n) is 2.37. The van der Waals surface area contributed by atoms with E-state index >= 15 is 0 Å². The van der Waals surface area contributed by atoms with Crippen LogP contribution < -0.4 is 5.32 Å². The van der Waals surface area contributed by atoms with Crippen LogP contribution in [0.1, 0.15) is 53.4 Å². The highest BCUT2D eigenvalue weighted by molar-refractivity contribution is 5.68. The number of unbranched alkanes of at least 4 members (excludes halogenated alkanes) is 2. The molecule has 4 nitrogen and oxygen atoms in total. The summed E-state index contributed by atoms with van der Waals surface area (Å²) >= 11 is 0. The van der Waals surface area contributed by atoms with Gasteiger partial charge in [-0.3, -0.25) is 0 Å². The molecule has 0 bridgehead atoms. The van der Waals surface area contributed by atoms with Crippen LogP contribution in [0.4, 0.5) is 9.18 Å². The first-order valence-electron chi connectivity index (χ1n) is 6.67. The van der Waals surface area contributed by atoms with Gasteiger partial charge in [-0.2, -0.15) is 0 Å². The minimum Gasteiger partial charge on any atom is -0.444 e. The molecular weight excluding hydrogens is 249 g/mol. The van der Waals surface area contributed by atoms with Crippen molar-refractivity contribution in [1.82, 2.24) is 5.32 Å². The average molecular weight is 275 g/mol. The molecule has 0 spiro atoms. The van der Waals surface area contributed by atoms with Gasteiger partial charge in [-0.15, -0.1) is 0 Å². The van der Waals surface area contributed by atoms with Gasteiger partial charge in [-0.1, -0.05) is 12.5 Å². The topological polar surface area (TPSA) is 58.6 Å². The molecule has 0 heterocycles. The lowest BCUT2D eigenvalue weighted by Gasteiger charge is -2.22. The van der Waals surface area contributed by atoms with Gasteiger partial charge in [0.15, 0.2) is 0 Å². The van der Waals surface area contributed by atoms with Gasteiger partial charge in [0.25, 0.3) is 0 Å². The van der Waals surface area contributed by atoms with Gasteiger partial charge in [-0.25, -0.2) is 9.18 Å². The summed E-state index contributed by atoms with van der Waals surface area (Å²) in [5.74, 6) is -0.175. The molecule has 5 heteroatoms. The number of amides is 1. The molecule has 19 heavy (non-hydrogen) atoms. The molecule has 0 saturated carbocycles. The first-order chi connectivity index (χ1) is 8.74. The largest absolute Gasteiger partial charge is 0.444 e. The maximum Gasteiger partial charge on any atom is 0.407 e. The van der Waals surface area contributed by atoms with Gasteiger partial charge in [0.05, 0.1) is 18.5 Å². The maximum atomic E-state index is 12.4. The Bertz CT molecular complexity index is 294. The maximum absolute atomic E-state index is 12.4. The first kappa shape index (κ1) is 17.9. The summed E-state index contributed by atoms with van der Waals surface area (Å²) in [6, 6.07) is -0.315. The number of halogens is 1. The van der Waals surface area contributed by atoms with E-state index < -0.39 is 11.7 Å². The zero-order valence-corrected chi connectivity index (χ0v) is 12.3. The van der Waals surface area contributed by atoms with Gasteiger partial charge in [0.2, 0.25) is 0 Å². The van der Waals surface area contributed by atoms with E-state index in [2.05, 4.69) is 5.32 Å². The fourth-order valence-electron chi connectivity index (χ4n) is 1.52. The van der Waals surface area contributed by atoms with Crippen molar-refractivity contribution in [2.75, 3.05) is 6.61 Å². The Morgan fingerprint density at radius 3 is 2.53 bits per heavy atom. The van der Waals surface area contributed by atoms with Crippen LogP contribution in [0.25, 0.3) is 0 Å². The van der Waals surface area contributed by atoms with E-state index in [1.54, 1.807) is 20.8 Å². The molecule has 0 aromatic carbocycles. The molecule has 0 radical (unpaired) electrons. The fraction of sp³-hybridized carbons (Fsp3) is 0.786. The molecule has 0 saturated heterocycles. The van der Waals surface area contributed by atoms with E-state index in [0.717, 1.165) is 12.8 Å². The second-order valence-electron chi connectivity index (χ2n) is 5.60. The van der Waals surface area contributed by atoms with Crippen LogP contribution in [0.5, 0.6) is 0 Å². The Kier molecular flexibility index (Phi) is 8.39. The first-order valence-corrected chi connectivity index (χ1v) is 6.67. The lowest BCUT2D eigenvalue weighted by molar-refractivity contribution is 0.0478. The van der Waals surface area contributed by atoms with E-state index in [4.69, 9.17) is 4.74 Å². The number of aliphatic hydroxyl groups excluding tert-OH is 1. The van der Waals surface area contributed by atoms with Crippen molar-refractivity contribution in [3.05, 3.63) is 11.9 Å². The van der Waals surface area contributed by atoms with E-state index in [9.17, 15) is 14.3 Å². The summed E-state index contributed by atoms with van der Waals surface area (Å²) in [5, 5.41) is 11.8. The predicted molar refractivity (Wildman–Crippen MR) is 73.6 cm³/mol. The number of alkyl carbamates (subject to hydrolysis) is 1. The molecule has 0 unspecified atom stereocenters. The number of hydrogen-bond acceptors (Lipinski definition) is 3. The molecule has 0 aliphatic heterocycles. The van der Waals surface area contributed by atoms with Crippen molar-refractivity contribution in [2.45, 2.75) is 65.0 Å². The summed E-state index contributed by atoms with van der Waals surface area (Å²) < 4.78 is 17.5. The highest BCUT2D eigenvalue weighted by Crippen LogP contribution is 2.09. The SMILES string of the molecule is C/C(F)=C\CCCC[C@@H](CO)NC(=O)OC(C)(C)C. The summed E-state index contributed by atoms with van der Waals surface area (Å²) in [6.07, 6.45) is 3.97. The van der Waals surface area contributed by atoms with Crippen molar-refractivity contribution >= 4 is 6.09 Å². The standard InChI is InChI=1S/C14H26FNO3/c1-11(15)8-6-5-7-9-12(10-17)16-13(18)19-14(2,3)4/h8,12,17H,5-7,9-10H2,1-4H3,(H,16,18)/b11-8+/t12-/m0/s1. The zero-order chi connectivity index (χ0) is 14.9. The minimum absolute atomic E-state index is 0.128. The molecule has 0 rings (SSSR count). The molecule has 0 aromatic rings. The van der Waals surface area contributed by atoms with Crippen LogP contribution in [0.15, 0.2) is 11.9 Å². The van der Waals surface area contributed by atoms with Gasteiger partial charge in [0, 0.05) is 0 Å². The van der Waals surface area contributed by atoms with Crippen molar-refractivity contribution in [3.63, 3.8) is 0 Å². The number of hydrogen-bond donors (Lipinski definition) is 2. The van der Waals surface area contributed by atoms with Crippen molar-refractivity contribution < 1.29 is 19.0 Å². The summed E-state index contributed by atoms with van der Waals surface area (Å²) in [4.78, 5) is 11.5. The van der Waals surface area contributed by atoms with Crippen LogP contribution in [-0.4, -0.2) is 29.4 Å². The van der Waals surface area contributed by atoms with Gasteiger partial charge >= 0.3 is 6.09 Å². The number of carbonyl (C=O) groups is 1. The summed E-state index contributed by atoms with van der Waals surface area (Å²) in [5.41, 5.74) is -0.548. The predicted octanol–water partition coefficient (Wildman–Crippen LogP) is 3.31. The molecule has 1 atom stereocenters. The number of aliphatic hydroxyl groups is 1. The van der Waals surface area contributed by atoms with E-state index in [0.29, 0.717) is 12.8 Å². The number of nitrogens with one attached hydrogen (secondary N) is 1. The second-order valence-corrected chi connectivity index (χ2v) is 5.60. The van der Waals surface area contributed by atoms with Crippen LogP contribution in [-0.2, 0) is 4.74 Å². The monoisotopic (exact) mass is 275 g/mol. The van der Waals surface area contributed by atoms with Gasteiger partial charge in [-0.05, 0) is 47.0 Å². The Hall–Kier alpha value is -1.10. The molecule has 0 fully saturated rings. The molecular formula is C14H26FNO3. The molecule has 112 valence electrons. The number of rotatable bonds is 7. The lowest BCUT2D eigenvalue weighted by atomic mass is 10.1. The molecule has 2 N–H and O–H groups in total. The zero-order valence-electron chi connectivity index (χ0n) is 12.3. The minimum atomic E-state index is -0.548. The number of carbonyl (C=O) groups excluding carboxylic acids is 1. The normalized spacial score (nSPS) is 14.1. The van der Waals surface area contributed by atoms with E-state index in [1.165, 1.54) is 13.0 Å². The third-order valence-corrected chi connectivity index (χ3v) is 2.37. The van der Waals surface area contributed by atoms with Crippen LogP contribution in [0, 0.1) is 0 Å². The number of ether oxygens (including phenoxy) is 1. The van der Waals surface area contributed by atoms with Crippen LogP contribution in [0.2, 0.25) is 0 Å². The summed E-state index contributed by atoms with van der Waals surface area (Å²) in [6.45, 7) is 6.64. The lowest BCUT2D eigenvalue weighted by Crippen LogP contribution is -2.40. The second kappa shape index (κ2) is 8.91. The highest BCUT2D eigenvalue weighted by Gasteiger charge is 2.18. The van der Waals surface area contributed by atoms with Gasteiger partial charge < -0.3 is 15.2 Å². The van der Waals surface area contributed by atoms with Crippen molar-refractivity contribution in [2.24, 2.45) is 0 Å².